The number of hydrogen-bond acceptors (Lipinski definition) is 3. The number of nitrogens with zero attached hydrogens (tertiary/aromatic N) is 1. The van der Waals surface area contributed by atoms with E-state index in [0.29, 0.717) is 5.92 Å². The van der Waals surface area contributed by atoms with Gasteiger partial charge < -0.3 is 15.3 Å². The Morgan fingerprint density at radius 2 is 1.92 bits per heavy atom. The summed E-state index contributed by atoms with van der Waals surface area (Å²) in [7, 11) is 0. The first-order valence-electron chi connectivity index (χ1n) is 5.28. The third kappa shape index (κ3) is 6.99. The Hall–Kier alpha value is -0.120. The molecule has 0 rings (SSSR count). The standard InChI is InChI=1S/C10H24N2O/c1-4-12(5-2)7-6-11-8-10(3)9-13/h10-11,13H,4-9H2,1-3H3. The van der Waals surface area contributed by atoms with Crippen LogP contribution in [0.5, 0.6) is 0 Å². The third-order valence-electron chi connectivity index (χ3n) is 2.30. The van der Waals surface area contributed by atoms with Gasteiger partial charge in [-0.2, -0.15) is 0 Å². The van der Waals surface area contributed by atoms with E-state index < -0.39 is 0 Å². The molecule has 80 valence electrons. The van der Waals surface area contributed by atoms with Crippen LogP contribution in [0.15, 0.2) is 0 Å². The first-order chi connectivity index (χ1) is 6.24. The van der Waals surface area contributed by atoms with Crippen molar-refractivity contribution < 1.29 is 5.11 Å². The van der Waals surface area contributed by atoms with Crippen LogP contribution in [0.25, 0.3) is 0 Å². The summed E-state index contributed by atoms with van der Waals surface area (Å²) < 4.78 is 0. The largest absolute Gasteiger partial charge is 0.396 e. The molecular weight excluding hydrogens is 164 g/mol. The SMILES string of the molecule is CCN(CC)CCNCC(C)CO. The lowest BCUT2D eigenvalue weighted by molar-refractivity contribution is 0.230. The smallest absolute Gasteiger partial charge is 0.0468 e. The predicted molar refractivity (Wildman–Crippen MR) is 56.9 cm³/mol. The number of likely N-dealkylation sites (N-methyl/N-ethyl adjacent to an activating group) is 1. The van der Waals surface area contributed by atoms with Gasteiger partial charge in [0, 0.05) is 19.7 Å². The first kappa shape index (κ1) is 12.9. The second-order valence-electron chi connectivity index (χ2n) is 3.52. The molecule has 1 unspecified atom stereocenters. The first-order valence-corrected chi connectivity index (χ1v) is 5.28. The minimum atomic E-state index is 0.276. The maximum atomic E-state index is 8.79. The lowest BCUT2D eigenvalue weighted by atomic mass is 10.2. The van der Waals surface area contributed by atoms with Gasteiger partial charge in [-0.05, 0) is 25.6 Å². The molecule has 13 heavy (non-hydrogen) atoms. The van der Waals surface area contributed by atoms with Gasteiger partial charge in [0.2, 0.25) is 0 Å². The highest BCUT2D eigenvalue weighted by Crippen LogP contribution is 1.89. The maximum Gasteiger partial charge on any atom is 0.0468 e. The molecule has 0 aliphatic heterocycles. The summed E-state index contributed by atoms with van der Waals surface area (Å²) in [4.78, 5) is 2.39. The average Bonchev–Trinajstić information content (AvgIpc) is 2.18. The summed E-state index contributed by atoms with van der Waals surface area (Å²) in [5.74, 6) is 0.372. The van der Waals surface area contributed by atoms with E-state index in [-0.39, 0.29) is 6.61 Å². The van der Waals surface area contributed by atoms with E-state index in [2.05, 4.69) is 24.1 Å². The molecule has 0 aliphatic rings. The van der Waals surface area contributed by atoms with Gasteiger partial charge in [0.25, 0.3) is 0 Å². The summed E-state index contributed by atoms with van der Waals surface area (Å²) in [6.07, 6.45) is 0. The highest BCUT2D eigenvalue weighted by Gasteiger charge is 2.00. The van der Waals surface area contributed by atoms with Crippen LogP contribution < -0.4 is 5.32 Å². The summed E-state index contributed by atoms with van der Waals surface area (Å²) in [6.45, 7) is 12.0. The Labute approximate surface area is 82.1 Å². The monoisotopic (exact) mass is 188 g/mol. The van der Waals surface area contributed by atoms with Gasteiger partial charge in [0.15, 0.2) is 0 Å². The van der Waals surface area contributed by atoms with Crippen LogP contribution in [0, 0.1) is 5.92 Å². The molecule has 0 amide bonds. The predicted octanol–water partition coefficient (Wildman–Crippen LogP) is 0.546. The van der Waals surface area contributed by atoms with Gasteiger partial charge in [-0.3, -0.25) is 0 Å². The minimum Gasteiger partial charge on any atom is -0.396 e. The Bertz CT molecular complexity index is 105. The molecule has 0 saturated heterocycles. The molecule has 2 N–H and O–H groups in total. The van der Waals surface area contributed by atoms with E-state index in [0.717, 1.165) is 32.7 Å². The molecule has 0 bridgehead atoms. The van der Waals surface area contributed by atoms with E-state index >= 15 is 0 Å². The fraction of sp³-hybridized carbons (Fsp3) is 1.00. The van der Waals surface area contributed by atoms with Crippen molar-refractivity contribution in [1.82, 2.24) is 10.2 Å². The molecule has 0 radical (unpaired) electrons. The topological polar surface area (TPSA) is 35.5 Å². The molecule has 0 aromatic rings. The molecule has 1 atom stereocenters. The number of rotatable bonds is 8. The van der Waals surface area contributed by atoms with Crippen molar-refractivity contribution in [2.24, 2.45) is 5.92 Å². The van der Waals surface area contributed by atoms with E-state index in [1.807, 2.05) is 6.92 Å². The Balaban J connectivity index is 3.23. The van der Waals surface area contributed by atoms with Crippen molar-refractivity contribution >= 4 is 0 Å². The molecule has 0 aromatic carbocycles. The van der Waals surface area contributed by atoms with Crippen molar-refractivity contribution in [3.63, 3.8) is 0 Å². The lowest BCUT2D eigenvalue weighted by Gasteiger charge is -2.18. The van der Waals surface area contributed by atoms with Crippen molar-refractivity contribution in [1.29, 1.82) is 0 Å². The van der Waals surface area contributed by atoms with E-state index in [4.69, 9.17) is 5.11 Å². The summed E-state index contributed by atoms with van der Waals surface area (Å²) in [5.41, 5.74) is 0. The summed E-state index contributed by atoms with van der Waals surface area (Å²) >= 11 is 0. The van der Waals surface area contributed by atoms with Crippen molar-refractivity contribution in [2.75, 3.05) is 39.3 Å². The number of aliphatic hydroxyl groups is 1. The third-order valence-corrected chi connectivity index (χ3v) is 2.30. The molecule has 0 fully saturated rings. The Morgan fingerprint density at radius 1 is 1.31 bits per heavy atom. The van der Waals surface area contributed by atoms with Crippen LogP contribution in [-0.2, 0) is 0 Å². The second-order valence-corrected chi connectivity index (χ2v) is 3.52. The summed E-state index contributed by atoms with van der Waals surface area (Å²) in [6, 6.07) is 0. The van der Waals surface area contributed by atoms with E-state index in [1.54, 1.807) is 0 Å². The van der Waals surface area contributed by atoms with Crippen molar-refractivity contribution in [2.45, 2.75) is 20.8 Å². The van der Waals surface area contributed by atoms with Crippen LogP contribution >= 0.6 is 0 Å². The van der Waals surface area contributed by atoms with Crippen LogP contribution in [0.4, 0.5) is 0 Å². The van der Waals surface area contributed by atoms with Gasteiger partial charge in [-0.25, -0.2) is 0 Å². The normalized spacial score (nSPS) is 13.6. The quantitative estimate of drug-likeness (QED) is 0.546. The molecule has 0 aromatic heterocycles. The fourth-order valence-electron chi connectivity index (χ4n) is 1.19. The molecule has 0 heterocycles. The van der Waals surface area contributed by atoms with Gasteiger partial charge in [-0.15, -0.1) is 0 Å². The zero-order valence-electron chi connectivity index (χ0n) is 9.21. The molecule has 0 spiro atoms. The van der Waals surface area contributed by atoms with Crippen molar-refractivity contribution in [3.05, 3.63) is 0 Å². The van der Waals surface area contributed by atoms with Crippen LogP contribution in [0.2, 0.25) is 0 Å². The minimum absolute atomic E-state index is 0.276. The summed E-state index contributed by atoms with van der Waals surface area (Å²) in [5, 5.41) is 12.1. The van der Waals surface area contributed by atoms with Crippen molar-refractivity contribution in [3.8, 4) is 0 Å². The van der Waals surface area contributed by atoms with Gasteiger partial charge >= 0.3 is 0 Å². The average molecular weight is 188 g/mol. The lowest BCUT2D eigenvalue weighted by Crippen LogP contribution is -2.34. The van der Waals surface area contributed by atoms with Crippen LogP contribution in [0.1, 0.15) is 20.8 Å². The van der Waals surface area contributed by atoms with Gasteiger partial charge in [0.05, 0.1) is 0 Å². The number of nitrogens with one attached hydrogen (secondary N) is 1. The highest BCUT2D eigenvalue weighted by molar-refractivity contribution is 4.58. The fourth-order valence-corrected chi connectivity index (χ4v) is 1.19. The Morgan fingerprint density at radius 3 is 2.38 bits per heavy atom. The number of aliphatic hydroxyl groups excluding tert-OH is 1. The van der Waals surface area contributed by atoms with E-state index in [1.165, 1.54) is 0 Å². The molecule has 3 heteroatoms. The van der Waals surface area contributed by atoms with Gasteiger partial charge in [-0.1, -0.05) is 20.8 Å². The van der Waals surface area contributed by atoms with E-state index in [9.17, 15) is 0 Å². The molecular formula is C10H24N2O. The molecule has 0 aliphatic carbocycles. The van der Waals surface area contributed by atoms with Crippen LogP contribution in [-0.4, -0.2) is 49.3 Å². The zero-order valence-corrected chi connectivity index (χ0v) is 9.21. The maximum absolute atomic E-state index is 8.79. The zero-order chi connectivity index (χ0) is 10.1. The molecule has 0 saturated carbocycles. The Kier molecular flexibility index (Phi) is 8.40. The number of hydrogen-bond donors (Lipinski definition) is 2. The van der Waals surface area contributed by atoms with Gasteiger partial charge in [0.1, 0.15) is 0 Å². The second kappa shape index (κ2) is 8.48. The van der Waals surface area contributed by atoms with Crippen LogP contribution in [0.3, 0.4) is 0 Å². The molecule has 3 nitrogen and oxygen atoms in total. The highest BCUT2D eigenvalue weighted by atomic mass is 16.3.